The van der Waals surface area contributed by atoms with Crippen LogP contribution in [-0.2, 0) is 10.2 Å². The van der Waals surface area contributed by atoms with Gasteiger partial charge >= 0.3 is 11.9 Å². The van der Waals surface area contributed by atoms with E-state index < -0.39 is 11.9 Å². The van der Waals surface area contributed by atoms with Crippen LogP contribution < -0.4 is 9.47 Å². The van der Waals surface area contributed by atoms with Gasteiger partial charge in [-0.1, -0.05) is 13.8 Å². The summed E-state index contributed by atoms with van der Waals surface area (Å²) in [7, 11) is 0. The quantitative estimate of drug-likeness (QED) is 0.610. The molecule has 0 radical (unpaired) electrons. The molecule has 136 valence electrons. The number of benzene rings is 2. The first-order valence-corrected chi connectivity index (χ1v) is 8.67. The zero-order valence-electron chi connectivity index (χ0n) is 15.2. The van der Waals surface area contributed by atoms with Gasteiger partial charge in [-0.25, -0.2) is 9.59 Å². The molecule has 2 aromatic rings. The highest BCUT2D eigenvalue weighted by Crippen LogP contribution is 2.38. The molecule has 0 bridgehead atoms. The molecule has 0 amide bonds. The van der Waals surface area contributed by atoms with E-state index in [1.54, 1.807) is 37.3 Å². The van der Waals surface area contributed by atoms with Gasteiger partial charge in [-0.2, -0.15) is 0 Å². The molecule has 0 fully saturated rings. The summed E-state index contributed by atoms with van der Waals surface area (Å²) < 4.78 is 16.0. The molecule has 0 aromatic heterocycles. The number of hydrogen-bond donors (Lipinski definition) is 0. The average Bonchev–Trinajstić information content (AvgIpc) is 2.62. The molecule has 0 unspecified atom stereocenters. The van der Waals surface area contributed by atoms with Crippen molar-refractivity contribution in [2.45, 2.75) is 32.6 Å². The minimum Gasteiger partial charge on any atom is -0.493 e. The topological polar surface area (TPSA) is 61.8 Å². The van der Waals surface area contributed by atoms with Gasteiger partial charge in [-0.05, 0) is 61.2 Å². The van der Waals surface area contributed by atoms with Gasteiger partial charge in [-0.3, -0.25) is 0 Å². The Morgan fingerprint density at radius 1 is 1.04 bits per heavy atom. The van der Waals surface area contributed by atoms with Crippen molar-refractivity contribution in [3.05, 3.63) is 59.2 Å². The van der Waals surface area contributed by atoms with Crippen LogP contribution in [0.25, 0.3) is 0 Å². The number of carbonyl (C=O) groups excluding carboxylic acids is 2. The largest absolute Gasteiger partial charge is 0.493 e. The summed E-state index contributed by atoms with van der Waals surface area (Å²) in [5.41, 5.74) is 1.84. The van der Waals surface area contributed by atoms with Crippen molar-refractivity contribution in [1.82, 2.24) is 0 Å². The first kappa shape index (κ1) is 18.0. The lowest BCUT2D eigenvalue weighted by molar-refractivity contribution is 0.0526. The minimum absolute atomic E-state index is 0.0504. The van der Waals surface area contributed by atoms with Crippen molar-refractivity contribution in [2.75, 3.05) is 13.2 Å². The van der Waals surface area contributed by atoms with Gasteiger partial charge in [-0.15, -0.1) is 0 Å². The summed E-state index contributed by atoms with van der Waals surface area (Å²) in [4.78, 5) is 24.1. The second kappa shape index (κ2) is 7.20. The molecular formula is C21H22O5. The first-order chi connectivity index (χ1) is 12.4. The van der Waals surface area contributed by atoms with Gasteiger partial charge in [0.05, 0.1) is 24.3 Å². The summed E-state index contributed by atoms with van der Waals surface area (Å²) in [6.45, 7) is 7.01. The van der Waals surface area contributed by atoms with Crippen LogP contribution in [0.15, 0.2) is 42.5 Å². The molecule has 0 saturated heterocycles. The Morgan fingerprint density at radius 2 is 1.73 bits per heavy atom. The highest BCUT2D eigenvalue weighted by atomic mass is 16.5. The Labute approximate surface area is 152 Å². The number of ether oxygens (including phenoxy) is 3. The maximum Gasteiger partial charge on any atom is 0.343 e. The maximum absolute atomic E-state index is 12.5. The molecule has 0 saturated carbocycles. The molecule has 26 heavy (non-hydrogen) atoms. The molecule has 5 heteroatoms. The molecule has 1 heterocycles. The monoisotopic (exact) mass is 354 g/mol. The van der Waals surface area contributed by atoms with Gasteiger partial charge in [0.15, 0.2) is 0 Å². The van der Waals surface area contributed by atoms with E-state index in [1.165, 1.54) is 0 Å². The number of rotatable bonds is 4. The predicted molar refractivity (Wildman–Crippen MR) is 96.9 cm³/mol. The summed E-state index contributed by atoms with van der Waals surface area (Å²) in [6, 6.07) is 11.7. The van der Waals surface area contributed by atoms with Gasteiger partial charge < -0.3 is 14.2 Å². The number of hydrogen-bond acceptors (Lipinski definition) is 5. The van der Waals surface area contributed by atoms with Crippen LogP contribution in [0, 0.1) is 0 Å². The Balaban J connectivity index is 1.75. The normalized spacial score (nSPS) is 14.7. The van der Waals surface area contributed by atoms with Gasteiger partial charge in [0.25, 0.3) is 0 Å². The lowest BCUT2D eigenvalue weighted by atomic mass is 9.79. The molecule has 0 spiro atoms. The van der Waals surface area contributed by atoms with E-state index in [1.807, 2.05) is 12.1 Å². The second-order valence-electron chi connectivity index (χ2n) is 6.83. The van der Waals surface area contributed by atoms with E-state index in [4.69, 9.17) is 14.2 Å². The molecule has 2 aromatic carbocycles. The third-order valence-electron chi connectivity index (χ3n) is 4.51. The summed E-state index contributed by atoms with van der Waals surface area (Å²) >= 11 is 0. The lowest BCUT2D eigenvalue weighted by Gasteiger charge is -2.32. The molecule has 5 nitrogen and oxygen atoms in total. The molecule has 0 aliphatic carbocycles. The van der Waals surface area contributed by atoms with Crippen LogP contribution in [0.1, 0.15) is 53.5 Å². The van der Waals surface area contributed by atoms with Crippen LogP contribution in [-0.4, -0.2) is 25.2 Å². The SMILES string of the molecule is CCOC(=O)c1ccc(OC(=O)c2ccc3c(c2)C(C)(C)CCO3)cc1. The first-order valence-electron chi connectivity index (χ1n) is 8.67. The smallest absolute Gasteiger partial charge is 0.343 e. The molecular weight excluding hydrogens is 332 g/mol. The molecule has 0 atom stereocenters. The average molecular weight is 354 g/mol. The van der Waals surface area contributed by atoms with Crippen LogP contribution in [0.2, 0.25) is 0 Å². The van der Waals surface area contributed by atoms with Crippen molar-refractivity contribution in [2.24, 2.45) is 0 Å². The van der Waals surface area contributed by atoms with Gasteiger partial charge in [0.1, 0.15) is 11.5 Å². The summed E-state index contributed by atoms with van der Waals surface area (Å²) in [5, 5.41) is 0. The van der Waals surface area contributed by atoms with Crippen LogP contribution >= 0.6 is 0 Å². The fraction of sp³-hybridized carbons (Fsp3) is 0.333. The Hall–Kier alpha value is -2.82. The third-order valence-corrected chi connectivity index (χ3v) is 4.51. The Morgan fingerprint density at radius 3 is 2.42 bits per heavy atom. The predicted octanol–water partition coefficient (Wildman–Crippen LogP) is 4.14. The van der Waals surface area contributed by atoms with Crippen LogP contribution in [0.5, 0.6) is 11.5 Å². The third kappa shape index (κ3) is 3.72. The fourth-order valence-corrected chi connectivity index (χ4v) is 2.90. The molecule has 3 rings (SSSR count). The molecule has 0 N–H and O–H groups in total. The minimum atomic E-state index is -0.446. The maximum atomic E-state index is 12.5. The van der Waals surface area contributed by atoms with Crippen molar-refractivity contribution < 1.29 is 23.8 Å². The van der Waals surface area contributed by atoms with Crippen molar-refractivity contribution in [3.8, 4) is 11.5 Å². The van der Waals surface area contributed by atoms with Crippen molar-refractivity contribution in [1.29, 1.82) is 0 Å². The highest BCUT2D eigenvalue weighted by molar-refractivity contribution is 5.92. The summed E-state index contributed by atoms with van der Waals surface area (Å²) in [6.07, 6.45) is 0.897. The van der Waals surface area contributed by atoms with Gasteiger partial charge in [0.2, 0.25) is 0 Å². The zero-order valence-corrected chi connectivity index (χ0v) is 15.2. The van der Waals surface area contributed by atoms with E-state index >= 15 is 0 Å². The fourth-order valence-electron chi connectivity index (χ4n) is 2.90. The van der Waals surface area contributed by atoms with E-state index in [0.717, 1.165) is 17.7 Å². The lowest BCUT2D eigenvalue weighted by Crippen LogP contribution is -2.27. The van der Waals surface area contributed by atoms with Gasteiger partial charge in [0, 0.05) is 5.56 Å². The van der Waals surface area contributed by atoms with E-state index in [0.29, 0.717) is 30.1 Å². The van der Waals surface area contributed by atoms with E-state index in [2.05, 4.69) is 13.8 Å². The van der Waals surface area contributed by atoms with Crippen LogP contribution in [0.3, 0.4) is 0 Å². The highest BCUT2D eigenvalue weighted by Gasteiger charge is 2.29. The number of esters is 2. The Kier molecular flexibility index (Phi) is 4.98. The van der Waals surface area contributed by atoms with Crippen molar-refractivity contribution >= 4 is 11.9 Å². The molecule has 1 aliphatic rings. The molecule has 1 aliphatic heterocycles. The van der Waals surface area contributed by atoms with Crippen LogP contribution in [0.4, 0.5) is 0 Å². The summed E-state index contributed by atoms with van der Waals surface area (Å²) in [5.74, 6) is 0.341. The zero-order chi connectivity index (χ0) is 18.7. The standard InChI is InChI=1S/C21H22O5/c1-4-24-19(22)14-5-8-16(9-6-14)26-20(23)15-7-10-18-17(13-15)21(2,3)11-12-25-18/h5-10,13H,4,11-12H2,1-3H3. The second-order valence-corrected chi connectivity index (χ2v) is 6.83. The Bertz CT molecular complexity index is 821. The van der Waals surface area contributed by atoms with E-state index in [9.17, 15) is 9.59 Å². The number of fused-ring (bicyclic) bond motifs is 1. The van der Waals surface area contributed by atoms with Crippen molar-refractivity contribution in [3.63, 3.8) is 0 Å². The van der Waals surface area contributed by atoms with E-state index in [-0.39, 0.29) is 5.41 Å². The number of carbonyl (C=O) groups is 2.